The van der Waals surface area contributed by atoms with E-state index in [-0.39, 0.29) is 0 Å². The van der Waals surface area contributed by atoms with Crippen LogP contribution in [0.4, 0.5) is 5.69 Å². The van der Waals surface area contributed by atoms with Crippen LogP contribution in [0.15, 0.2) is 23.1 Å². The highest BCUT2D eigenvalue weighted by atomic mass is 127. The van der Waals surface area contributed by atoms with Gasteiger partial charge in [-0.05, 0) is 52.0 Å². The lowest BCUT2D eigenvalue weighted by atomic mass is 10.3. The van der Waals surface area contributed by atoms with Gasteiger partial charge in [-0.1, -0.05) is 0 Å². The summed E-state index contributed by atoms with van der Waals surface area (Å²) in [4.78, 5) is 0.713. The molecule has 0 aromatic heterocycles. The molecule has 1 atom stereocenters. The van der Waals surface area contributed by atoms with Gasteiger partial charge in [0, 0.05) is 3.57 Å². The molecule has 0 spiro atoms. The van der Waals surface area contributed by atoms with E-state index in [1.807, 2.05) is 12.1 Å². The third-order valence-electron chi connectivity index (χ3n) is 1.28. The van der Waals surface area contributed by atoms with Gasteiger partial charge in [-0.25, -0.2) is 0 Å². The molecule has 4 heteroatoms. The van der Waals surface area contributed by atoms with Gasteiger partial charge >= 0.3 is 0 Å². The molecule has 0 fully saturated rings. The number of hydrogen-bond acceptors (Lipinski definition) is 2. The second-order valence-corrected chi connectivity index (χ2v) is 4.73. The second-order valence-electron chi connectivity index (χ2n) is 2.14. The quantitative estimate of drug-likeness (QED) is 0.483. The molecule has 11 heavy (non-hydrogen) atoms. The van der Waals surface area contributed by atoms with Crippen LogP contribution in [-0.2, 0) is 11.2 Å². The fraction of sp³-hybridized carbons (Fsp3) is 0.143. The van der Waals surface area contributed by atoms with Crippen LogP contribution in [-0.4, -0.2) is 10.8 Å². The minimum absolute atomic E-state index is 0.609. The number of nitrogens with two attached hydrogens (primary N) is 1. The van der Waals surface area contributed by atoms with Crippen LogP contribution in [0.2, 0.25) is 0 Å². The zero-order valence-electron chi connectivity index (χ0n) is 6.00. The lowest BCUT2D eigenvalue weighted by Gasteiger charge is -2.06. The molecule has 0 aliphatic carbocycles. The van der Waals surface area contributed by atoms with Crippen molar-refractivity contribution in [3.63, 3.8) is 0 Å². The van der Waals surface area contributed by atoms with Crippen molar-refractivity contribution in [1.82, 2.24) is 0 Å². The van der Waals surface area contributed by atoms with Gasteiger partial charge in [-0.3, -0.25) is 0 Å². The zero-order chi connectivity index (χ0) is 8.43. The Morgan fingerprint density at radius 2 is 2.18 bits per heavy atom. The highest BCUT2D eigenvalue weighted by Gasteiger charge is 2.08. The van der Waals surface area contributed by atoms with Crippen LogP contribution in [0.5, 0.6) is 0 Å². The largest absolute Gasteiger partial charge is 0.612 e. The van der Waals surface area contributed by atoms with Gasteiger partial charge in [-0.15, -0.1) is 0 Å². The van der Waals surface area contributed by atoms with Gasteiger partial charge in [0.15, 0.2) is 4.90 Å². The summed E-state index contributed by atoms with van der Waals surface area (Å²) in [5.41, 5.74) is 6.23. The number of rotatable bonds is 1. The average molecular weight is 281 g/mol. The maximum atomic E-state index is 11.0. The lowest BCUT2D eigenvalue weighted by Crippen LogP contribution is -2.02. The molecule has 0 bridgehead atoms. The monoisotopic (exact) mass is 281 g/mol. The van der Waals surface area contributed by atoms with Crippen LogP contribution in [0.3, 0.4) is 0 Å². The van der Waals surface area contributed by atoms with Crippen molar-refractivity contribution in [2.75, 3.05) is 12.0 Å². The van der Waals surface area contributed by atoms with Crippen LogP contribution in [0.25, 0.3) is 0 Å². The van der Waals surface area contributed by atoms with Crippen LogP contribution >= 0.6 is 22.6 Å². The molecule has 1 unspecified atom stereocenters. The molecule has 2 nitrogen and oxygen atoms in total. The Bertz CT molecular complexity index is 265. The summed E-state index contributed by atoms with van der Waals surface area (Å²) < 4.78 is 12.1. The summed E-state index contributed by atoms with van der Waals surface area (Å²) in [6.07, 6.45) is 1.62. The van der Waals surface area contributed by atoms with Crippen LogP contribution in [0, 0.1) is 3.57 Å². The molecule has 1 rings (SSSR count). The first kappa shape index (κ1) is 9.15. The third-order valence-corrected chi connectivity index (χ3v) is 2.94. The molecular weight excluding hydrogens is 273 g/mol. The van der Waals surface area contributed by atoms with Crippen molar-refractivity contribution < 1.29 is 4.55 Å². The normalized spacial score (nSPS) is 13.0. The Morgan fingerprint density at radius 3 is 2.64 bits per heavy atom. The van der Waals surface area contributed by atoms with Crippen molar-refractivity contribution in [2.24, 2.45) is 0 Å². The summed E-state index contributed by atoms with van der Waals surface area (Å²) in [6, 6.07) is 5.51. The third kappa shape index (κ3) is 2.25. The Kier molecular flexibility index (Phi) is 3.03. The standard InChI is InChI=1S/C7H8INOS/c1-11(10)7-3-2-5(8)4-6(7)9/h2-4H,9H2,1H3. The average Bonchev–Trinajstić information content (AvgIpc) is 1.85. The van der Waals surface area contributed by atoms with Crippen molar-refractivity contribution in [3.05, 3.63) is 21.8 Å². The van der Waals surface area contributed by atoms with Crippen molar-refractivity contribution >= 4 is 39.5 Å². The van der Waals surface area contributed by atoms with Crippen molar-refractivity contribution in [2.45, 2.75) is 4.90 Å². The van der Waals surface area contributed by atoms with Gasteiger partial charge in [-0.2, -0.15) is 0 Å². The summed E-state index contributed by atoms with van der Waals surface area (Å²) >= 11 is 1.19. The summed E-state index contributed by atoms with van der Waals surface area (Å²) in [6.45, 7) is 0. The molecule has 0 amide bonds. The number of benzene rings is 1. The van der Waals surface area contributed by atoms with E-state index in [1.165, 1.54) is 0 Å². The Hall–Kier alpha value is 0.0600. The number of anilines is 1. The van der Waals surface area contributed by atoms with Crippen LogP contribution in [0.1, 0.15) is 0 Å². The van der Waals surface area contributed by atoms with Crippen molar-refractivity contribution in [1.29, 1.82) is 0 Å². The predicted octanol–water partition coefficient (Wildman–Crippen LogP) is 1.61. The number of halogens is 1. The minimum atomic E-state index is -0.977. The van der Waals surface area contributed by atoms with E-state index >= 15 is 0 Å². The maximum Gasteiger partial charge on any atom is 0.175 e. The molecule has 60 valence electrons. The first-order valence-electron chi connectivity index (χ1n) is 2.99. The van der Waals surface area contributed by atoms with Gasteiger partial charge in [0.1, 0.15) is 6.26 Å². The van der Waals surface area contributed by atoms with E-state index < -0.39 is 11.2 Å². The second kappa shape index (κ2) is 3.64. The molecule has 1 aromatic rings. The maximum absolute atomic E-state index is 11.0. The van der Waals surface area contributed by atoms with Crippen LogP contribution < -0.4 is 5.73 Å². The Labute approximate surface area is 82.5 Å². The van der Waals surface area contributed by atoms with E-state index in [1.54, 1.807) is 12.3 Å². The van der Waals surface area contributed by atoms with Gasteiger partial charge in [0.25, 0.3) is 0 Å². The Balaban J connectivity index is 3.09. The first-order chi connectivity index (χ1) is 5.11. The zero-order valence-corrected chi connectivity index (χ0v) is 8.98. The molecule has 0 saturated heterocycles. The molecule has 1 aromatic carbocycles. The van der Waals surface area contributed by atoms with Gasteiger partial charge < -0.3 is 10.3 Å². The molecule has 0 radical (unpaired) electrons. The smallest absolute Gasteiger partial charge is 0.175 e. The minimum Gasteiger partial charge on any atom is -0.612 e. The molecule has 0 aliphatic rings. The number of hydrogen-bond donors (Lipinski definition) is 1. The summed E-state index contributed by atoms with van der Waals surface area (Å²) in [5.74, 6) is 0. The first-order valence-corrected chi connectivity index (χ1v) is 5.63. The van der Waals surface area contributed by atoms with Gasteiger partial charge in [0.2, 0.25) is 0 Å². The molecule has 0 aliphatic heterocycles. The fourth-order valence-corrected chi connectivity index (χ4v) is 1.95. The van der Waals surface area contributed by atoms with E-state index in [4.69, 9.17) is 5.73 Å². The van der Waals surface area contributed by atoms with E-state index in [0.717, 1.165) is 3.57 Å². The lowest BCUT2D eigenvalue weighted by molar-refractivity contribution is 0.601. The predicted molar refractivity (Wildman–Crippen MR) is 55.9 cm³/mol. The molecule has 0 heterocycles. The summed E-state index contributed by atoms with van der Waals surface area (Å²) in [5, 5.41) is 0. The SMILES string of the molecule is C[S+]([O-])c1ccc(I)cc1N. The van der Waals surface area contributed by atoms with E-state index in [9.17, 15) is 4.55 Å². The summed E-state index contributed by atoms with van der Waals surface area (Å²) in [7, 11) is 0. The fourth-order valence-electron chi connectivity index (χ4n) is 0.781. The highest BCUT2D eigenvalue weighted by molar-refractivity contribution is 14.1. The van der Waals surface area contributed by atoms with Gasteiger partial charge in [0.05, 0.1) is 5.69 Å². The molecule has 2 N–H and O–H groups in total. The topological polar surface area (TPSA) is 49.1 Å². The van der Waals surface area contributed by atoms with E-state index in [0.29, 0.717) is 10.6 Å². The Morgan fingerprint density at radius 1 is 1.55 bits per heavy atom. The van der Waals surface area contributed by atoms with E-state index in [2.05, 4.69) is 22.6 Å². The highest BCUT2D eigenvalue weighted by Crippen LogP contribution is 2.20. The van der Waals surface area contributed by atoms with Crippen molar-refractivity contribution in [3.8, 4) is 0 Å². The number of nitrogen functional groups attached to an aromatic ring is 1. The molecule has 0 saturated carbocycles. The molecular formula is C7H8INOS.